The number of hydrogen-bond donors (Lipinski definition) is 0. The van der Waals surface area contributed by atoms with Gasteiger partial charge in [-0.2, -0.15) is 0 Å². The first-order valence-electron chi connectivity index (χ1n) is 15.2. The molecule has 1 aliphatic carbocycles. The van der Waals surface area contributed by atoms with E-state index in [1.54, 1.807) is 6.08 Å². The SMILES string of the molecule is CCCCOCCOc1ccc(-c2cccc(/C=C/C(=O)Cc3ccc([S@](=O)Cc4cncn4CC4CC4)cc3)c2)cc1. The van der Waals surface area contributed by atoms with Crippen molar-refractivity contribution in [3.05, 3.63) is 108 Å². The van der Waals surface area contributed by atoms with Crippen LogP contribution in [0, 0.1) is 5.92 Å². The Morgan fingerprint density at radius 1 is 1.00 bits per heavy atom. The van der Waals surface area contributed by atoms with Gasteiger partial charge in [-0.15, -0.1) is 0 Å². The minimum absolute atomic E-state index is 0.0171. The smallest absolute Gasteiger partial charge is 0.160 e. The Hall–Kier alpha value is -3.81. The summed E-state index contributed by atoms with van der Waals surface area (Å²) in [4.78, 5) is 17.7. The van der Waals surface area contributed by atoms with Crippen molar-refractivity contribution in [2.75, 3.05) is 19.8 Å². The highest BCUT2D eigenvalue weighted by atomic mass is 32.2. The monoisotopic (exact) mass is 596 g/mol. The highest BCUT2D eigenvalue weighted by Crippen LogP contribution is 2.31. The number of nitrogens with zero attached hydrogens (tertiary/aromatic N) is 2. The Bertz CT molecular complexity index is 1520. The second-order valence-corrected chi connectivity index (χ2v) is 12.5. The van der Waals surface area contributed by atoms with Crippen molar-refractivity contribution in [2.45, 2.75) is 56.2 Å². The molecule has 224 valence electrons. The first-order valence-corrected chi connectivity index (χ1v) is 16.5. The average Bonchev–Trinajstić information content (AvgIpc) is 3.75. The predicted octanol–water partition coefficient (Wildman–Crippen LogP) is 7.29. The van der Waals surface area contributed by atoms with Crippen molar-refractivity contribution in [1.82, 2.24) is 9.55 Å². The summed E-state index contributed by atoms with van der Waals surface area (Å²) in [6, 6.07) is 23.7. The second-order valence-electron chi connectivity index (χ2n) is 11.1. The van der Waals surface area contributed by atoms with Crippen molar-refractivity contribution in [1.29, 1.82) is 0 Å². The first kappa shape index (κ1) is 30.6. The van der Waals surface area contributed by atoms with E-state index in [0.717, 1.165) is 70.5 Å². The van der Waals surface area contributed by atoms with E-state index in [1.165, 1.54) is 12.8 Å². The van der Waals surface area contributed by atoms with Crippen molar-refractivity contribution in [3.8, 4) is 16.9 Å². The molecule has 7 heteroatoms. The number of unbranched alkanes of at least 4 members (excludes halogenated alkanes) is 1. The third-order valence-electron chi connectivity index (χ3n) is 7.47. The number of ether oxygens (including phenoxy) is 2. The average molecular weight is 597 g/mol. The van der Waals surface area contributed by atoms with E-state index < -0.39 is 10.8 Å². The molecule has 4 aromatic rings. The lowest BCUT2D eigenvalue weighted by Crippen LogP contribution is -2.07. The minimum atomic E-state index is -1.16. The van der Waals surface area contributed by atoms with Crippen LogP contribution in [0.3, 0.4) is 0 Å². The first-order chi connectivity index (χ1) is 21.1. The molecular formula is C36H40N2O4S. The molecule has 0 N–H and O–H groups in total. The molecule has 6 nitrogen and oxygen atoms in total. The molecule has 43 heavy (non-hydrogen) atoms. The molecule has 0 aliphatic heterocycles. The number of benzene rings is 3. The van der Waals surface area contributed by atoms with E-state index in [9.17, 15) is 9.00 Å². The lowest BCUT2D eigenvalue weighted by atomic mass is 10.0. The van der Waals surface area contributed by atoms with Crippen LogP contribution >= 0.6 is 0 Å². The maximum absolute atomic E-state index is 13.0. The molecule has 1 fully saturated rings. The van der Waals surface area contributed by atoms with Gasteiger partial charge >= 0.3 is 0 Å². The van der Waals surface area contributed by atoms with Gasteiger partial charge in [0, 0.05) is 30.7 Å². The molecular weight excluding hydrogens is 556 g/mol. The summed E-state index contributed by atoms with van der Waals surface area (Å²) in [6.07, 6.45) is 12.2. The highest BCUT2D eigenvalue weighted by molar-refractivity contribution is 7.84. The number of hydrogen-bond acceptors (Lipinski definition) is 5. The Morgan fingerprint density at radius 2 is 1.81 bits per heavy atom. The fourth-order valence-corrected chi connectivity index (χ4v) is 5.89. The van der Waals surface area contributed by atoms with Gasteiger partial charge in [0.25, 0.3) is 0 Å². The zero-order valence-corrected chi connectivity index (χ0v) is 25.6. The van der Waals surface area contributed by atoms with Gasteiger partial charge < -0.3 is 14.0 Å². The number of aromatic nitrogens is 2. The van der Waals surface area contributed by atoms with E-state index in [-0.39, 0.29) is 5.78 Å². The predicted molar refractivity (Wildman–Crippen MR) is 172 cm³/mol. The van der Waals surface area contributed by atoms with E-state index in [4.69, 9.17) is 9.47 Å². The zero-order chi connectivity index (χ0) is 29.9. The Kier molecular flexibility index (Phi) is 11.1. The quantitative estimate of drug-likeness (QED) is 0.0946. The summed E-state index contributed by atoms with van der Waals surface area (Å²) in [5, 5.41) is 0. The van der Waals surface area contributed by atoms with E-state index in [0.29, 0.717) is 25.4 Å². The van der Waals surface area contributed by atoms with Crippen molar-refractivity contribution < 1.29 is 18.5 Å². The van der Waals surface area contributed by atoms with Gasteiger partial charge in [-0.3, -0.25) is 9.00 Å². The summed E-state index contributed by atoms with van der Waals surface area (Å²) >= 11 is 0. The minimum Gasteiger partial charge on any atom is -0.491 e. The van der Waals surface area contributed by atoms with Crippen LogP contribution in [0.5, 0.6) is 5.75 Å². The molecule has 1 aliphatic rings. The van der Waals surface area contributed by atoms with Crippen molar-refractivity contribution in [3.63, 3.8) is 0 Å². The lowest BCUT2D eigenvalue weighted by Gasteiger charge is -2.08. The fourth-order valence-electron chi connectivity index (χ4n) is 4.77. The number of carbonyl (C=O) groups is 1. The molecule has 0 radical (unpaired) electrons. The summed E-state index contributed by atoms with van der Waals surface area (Å²) in [5.74, 6) is 2.02. The molecule has 0 saturated heterocycles. The van der Waals surface area contributed by atoms with E-state index >= 15 is 0 Å². The van der Waals surface area contributed by atoms with Gasteiger partial charge in [-0.25, -0.2) is 4.98 Å². The number of imidazole rings is 1. The van der Waals surface area contributed by atoms with E-state index in [1.807, 2.05) is 79.3 Å². The maximum atomic E-state index is 13.0. The van der Waals surface area contributed by atoms with Gasteiger partial charge in [0.05, 0.1) is 35.2 Å². The van der Waals surface area contributed by atoms with Crippen LogP contribution in [0.15, 0.2) is 96.3 Å². The number of carbonyl (C=O) groups excluding carboxylic acids is 1. The molecule has 1 heterocycles. The van der Waals surface area contributed by atoms with Gasteiger partial charge in [0.2, 0.25) is 0 Å². The third kappa shape index (κ3) is 9.60. The summed E-state index contributed by atoms with van der Waals surface area (Å²) in [7, 11) is -1.16. The van der Waals surface area contributed by atoms with Gasteiger partial charge in [-0.1, -0.05) is 61.9 Å². The Morgan fingerprint density at radius 3 is 2.58 bits per heavy atom. The lowest BCUT2D eigenvalue weighted by molar-refractivity contribution is -0.113. The maximum Gasteiger partial charge on any atom is 0.160 e. The molecule has 1 saturated carbocycles. The third-order valence-corrected chi connectivity index (χ3v) is 8.82. The Balaban J connectivity index is 1.10. The summed E-state index contributed by atoms with van der Waals surface area (Å²) in [6.45, 7) is 5.02. The second kappa shape index (κ2) is 15.6. The number of rotatable bonds is 17. The van der Waals surface area contributed by atoms with Crippen molar-refractivity contribution >= 4 is 22.7 Å². The zero-order valence-electron chi connectivity index (χ0n) is 24.8. The molecule has 0 spiro atoms. The van der Waals surface area contributed by atoms with Crippen LogP contribution in [-0.4, -0.2) is 39.4 Å². The summed E-state index contributed by atoms with van der Waals surface area (Å²) in [5.41, 5.74) is 5.02. The van der Waals surface area contributed by atoms with Gasteiger partial charge in [0.1, 0.15) is 12.4 Å². The molecule has 1 atom stereocenters. The molecule has 0 amide bonds. The molecule has 0 bridgehead atoms. The highest BCUT2D eigenvalue weighted by Gasteiger charge is 2.23. The van der Waals surface area contributed by atoms with Gasteiger partial charge in [0.15, 0.2) is 5.78 Å². The molecule has 1 aromatic heterocycles. The fraction of sp³-hybridized carbons (Fsp3) is 0.333. The van der Waals surface area contributed by atoms with Crippen LogP contribution < -0.4 is 4.74 Å². The van der Waals surface area contributed by atoms with Crippen LogP contribution in [0.25, 0.3) is 17.2 Å². The van der Waals surface area contributed by atoms with Gasteiger partial charge in [-0.05, 0) is 83.8 Å². The largest absolute Gasteiger partial charge is 0.491 e. The normalized spacial score (nSPS) is 13.8. The van der Waals surface area contributed by atoms with Crippen LogP contribution in [0.4, 0.5) is 0 Å². The van der Waals surface area contributed by atoms with Crippen LogP contribution in [0.1, 0.15) is 49.4 Å². The summed E-state index contributed by atoms with van der Waals surface area (Å²) < 4.78 is 26.4. The van der Waals surface area contributed by atoms with E-state index in [2.05, 4.69) is 28.6 Å². The molecule has 5 rings (SSSR count). The topological polar surface area (TPSA) is 70.4 Å². The number of allylic oxidation sites excluding steroid dienone is 1. The number of ketones is 1. The molecule has 0 unspecified atom stereocenters. The standard InChI is InChI=1S/C36H40N2O4S/c1-2-3-19-41-20-21-42-35-15-12-31(13-16-35)32-6-4-5-28(22-32)9-14-34(39)23-29-10-17-36(18-11-29)43(40)26-33-24-37-27-38(33)25-30-7-8-30/h4-6,9-18,22,24,27,30H,2-3,7-8,19-21,23,25-26H2,1H3/b14-9+/t43-/m1/s1. The van der Waals surface area contributed by atoms with Crippen LogP contribution in [0.2, 0.25) is 0 Å². The van der Waals surface area contributed by atoms with Crippen LogP contribution in [-0.2, 0) is 39.0 Å². The Labute approximate surface area is 257 Å². The molecule has 3 aromatic carbocycles. The van der Waals surface area contributed by atoms with Crippen molar-refractivity contribution in [2.24, 2.45) is 5.92 Å².